The molecule has 6 atom stereocenters. The molecular weight excluding hydrogens is 284 g/mol. The van der Waals surface area contributed by atoms with Gasteiger partial charge in [0.2, 0.25) is 0 Å². The fourth-order valence-electron chi connectivity index (χ4n) is 6.94. The van der Waals surface area contributed by atoms with Crippen molar-refractivity contribution in [3.8, 4) is 0 Å². The summed E-state index contributed by atoms with van der Waals surface area (Å²) in [5.74, 6) is 3.62. The maximum atomic E-state index is 12.4. The largest absolute Gasteiger partial charge is 0.299 e. The van der Waals surface area contributed by atoms with Crippen molar-refractivity contribution in [2.75, 3.05) is 0 Å². The number of rotatable bonds is 1. The van der Waals surface area contributed by atoms with Gasteiger partial charge in [-0.1, -0.05) is 19.9 Å². The van der Waals surface area contributed by atoms with Crippen LogP contribution in [0.1, 0.15) is 72.1 Å². The van der Waals surface area contributed by atoms with Gasteiger partial charge in [0.1, 0.15) is 5.78 Å². The summed E-state index contributed by atoms with van der Waals surface area (Å²) in [6.07, 6.45) is 11.1. The summed E-state index contributed by atoms with van der Waals surface area (Å²) >= 11 is 0. The number of ketones is 2. The van der Waals surface area contributed by atoms with Crippen molar-refractivity contribution < 1.29 is 9.59 Å². The van der Waals surface area contributed by atoms with E-state index < -0.39 is 0 Å². The van der Waals surface area contributed by atoms with Crippen molar-refractivity contribution in [2.24, 2.45) is 34.5 Å². The molecule has 4 aliphatic rings. The Morgan fingerprint density at radius 3 is 2.65 bits per heavy atom. The third-order valence-corrected chi connectivity index (χ3v) is 8.48. The third kappa shape index (κ3) is 2.06. The molecule has 0 amide bonds. The molecule has 2 nitrogen and oxygen atoms in total. The number of carbonyl (C=O) groups excluding carboxylic acids is 2. The molecule has 0 aromatic rings. The van der Waals surface area contributed by atoms with Crippen molar-refractivity contribution >= 4 is 11.6 Å². The first-order chi connectivity index (χ1) is 10.9. The van der Waals surface area contributed by atoms with Gasteiger partial charge >= 0.3 is 0 Å². The van der Waals surface area contributed by atoms with Gasteiger partial charge < -0.3 is 0 Å². The molecule has 3 fully saturated rings. The summed E-state index contributed by atoms with van der Waals surface area (Å²) in [7, 11) is 0. The number of hydrogen-bond acceptors (Lipinski definition) is 2. The fourth-order valence-corrected chi connectivity index (χ4v) is 6.94. The Kier molecular flexibility index (Phi) is 3.42. The molecule has 0 N–H and O–H groups in total. The lowest BCUT2D eigenvalue weighted by atomic mass is 9.45. The van der Waals surface area contributed by atoms with E-state index in [0.29, 0.717) is 23.0 Å². The van der Waals surface area contributed by atoms with Crippen LogP contribution < -0.4 is 0 Å². The average molecular weight is 314 g/mol. The van der Waals surface area contributed by atoms with E-state index in [1.54, 1.807) is 6.92 Å². The van der Waals surface area contributed by atoms with E-state index in [1.807, 2.05) is 0 Å². The van der Waals surface area contributed by atoms with Crippen LogP contribution in [-0.4, -0.2) is 11.6 Å². The third-order valence-electron chi connectivity index (χ3n) is 8.48. The van der Waals surface area contributed by atoms with Gasteiger partial charge in [0.15, 0.2) is 5.78 Å². The molecule has 0 saturated heterocycles. The Hall–Kier alpha value is -0.920. The maximum Gasteiger partial charge on any atom is 0.155 e. The molecule has 23 heavy (non-hydrogen) atoms. The number of fused-ring (bicyclic) bond motifs is 5. The molecule has 0 aromatic heterocycles. The minimum Gasteiger partial charge on any atom is -0.299 e. The Labute approximate surface area is 140 Å². The minimum atomic E-state index is -0.0145. The molecule has 0 radical (unpaired) electrons. The van der Waals surface area contributed by atoms with Crippen LogP contribution in [0.4, 0.5) is 0 Å². The second kappa shape index (κ2) is 5.04. The Morgan fingerprint density at radius 1 is 1.13 bits per heavy atom. The van der Waals surface area contributed by atoms with Gasteiger partial charge in [-0.2, -0.15) is 0 Å². The van der Waals surface area contributed by atoms with Gasteiger partial charge in [0, 0.05) is 11.8 Å². The highest BCUT2D eigenvalue weighted by atomic mass is 16.1. The van der Waals surface area contributed by atoms with Crippen molar-refractivity contribution in [3.63, 3.8) is 0 Å². The van der Waals surface area contributed by atoms with E-state index in [1.165, 1.54) is 19.3 Å². The Morgan fingerprint density at radius 2 is 1.91 bits per heavy atom. The van der Waals surface area contributed by atoms with E-state index in [-0.39, 0.29) is 11.2 Å². The first-order valence-electron chi connectivity index (χ1n) is 9.59. The highest BCUT2D eigenvalue weighted by Gasteiger charge is 2.59. The van der Waals surface area contributed by atoms with E-state index >= 15 is 0 Å². The number of hydrogen-bond donors (Lipinski definition) is 0. The lowest BCUT2D eigenvalue weighted by Crippen LogP contribution is -2.52. The van der Waals surface area contributed by atoms with Gasteiger partial charge in [-0.05, 0) is 86.5 Å². The first-order valence-corrected chi connectivity index (χ1v) is 9.59. The topological polar surface area (TPSA) is 34.1 Å². The lowest BCUT2D eigenvalue weighted by Gasteiger charge is -2.59. The van der Waals surface area contributed by atoms with Gasteiger partial charge in [-0.3, -0.25) is 9.59 Å². The minimum absolute atomic E-state index is 0.0145. The zero-order valence-corrected chi connectivity index (χ0v) is 14.9. The molecule has 0 bridgehead atoms. The van der Waals surface area contributed by atoms with E-state index in [9.17, 15) is 9.59 Å². The van der Waals surface area contributed by atoms with E-state index in [0.717, 1.165) is 49.5 Å². The zero-order chi connectivity index (χ0) is 16.4. The Balaban J connectivity index is 1.64. The normalized spacial score (nSPS) is 49.0. The second-order valence-electron chi connectivity index (χ2n) is 9.27. The number of allylic oxidation sites excluding steroid dienone is 2. The van der Waals surface area contributed by atoms with Crippen LogP contribution in [0.15, 0.2) is 11.6 Å². The van der Waals surface area contributed by atoms with Crippen LogP contribution in [0, 0.1) is 34.5 Å². The fraction of sp³-hybridized carbons (Fsp3) is 0.810. The quantitative estimate of drug-likeness (QED) is 0.701. The standard InChI is InChI=1S/C21H30O2/c1-13(22)14-8-10-20(2)15(12-14)4-5-16-17-6-7-19(23)21(17,3)11-9-18(16)20/h8,15-18H,4-7,9-12H2,1-3H3/t15-,16+,17+,18+,20-,21-/m0/s1. The number of Topliss-reactive ketones (excluding diaryl/α,β-unsaturated/α-hetero) is 2. The van der Waals surface area contributed by atoms with Gasteiger partial charge in [-0.25, -0.2) is 0 Å². The summed E-state index contributed by atoms with van der Waals surface area (Å²) in [5, 5.41) is 0. The summed E-state index contributed by atoms with van der Waals surface area (Å²) in [4.78, 5) is 24.2. The van der Waals surface area contributed by atoms with Crippen LogP contribution in [0.2, 0.25) is 0 Å². The molecule has 0 heterocycles. The average Bonchev–Trinajstić information content (AvgIpc) is 2.82. The summed E-state index contributed by atoms with van der Waals surface area (Å²) < 4.78 is 0. The Bertz CT molecular complexity index is 589. The van der Waals surface area contributed by atoms with Gasteiger partial charge in [-0.15, -0.1) is 0 Å². The summed E-state index contributed by atoms with van der Waals surface area (Å²) in [6, 6.07) is 0. The van der Waals surface area contributed by atoms with E-state index in [4.69, 9.17) is 0 Å². The molecule has 126 valence electrons. The van der Waals surface area contributed by atoms with Crippen LogP contribution in [0.25, 0.3) is 0 Å². The second-order valence-corrected chi connectivity index (χ2v) is 9.27. The van der Waals surface area contributed by atoms with Crippen LogP contribution in [0.5, 0.6) is 0 Å². The van der Waals surface area contributed by atoms with Crippen LogP contribution >= 0.6 is 0 Å². The molecule has 4 rings (SSSR count). The van der Waals surface area contributed by atoms with Crippen molar-refractivity contribution in [2.45, 2.75) is 72.1 Å². The molecule has 0 aromatic carbocycles. The van der Waals surface area contributed by atoms with Crippen molar-refractivity contribution in [3.05, 3.63) is 11.6 Å². The highest BCUT2D eigenvalue weighted by molar-refractivity contribution is 5.93. The predicted octanol–water partition coefficient (Wildman–Crippen LogP) is 4.72. The molecule has 4 aliphatic carbocycles. The molecule has 0 unspecified atom stereocenters. The van der Waals surface area contributed by atoms with Gasteiger partial charge in [0.05, 0.1) is 0 Å². The van der Waals surface area contributed by atoms with Crippen molar-refractivity contribution in [1.82, 2.24) is 0 Å². The molecule has 0 spiro atoms. The van der Waals surface area contributed by atoms with Crippen molar-refractivity contribution in [1.29, 1.82) is 0 Å². The molecular formula is C21H30O2. The monoisotopic (exact) mass is 314 g/mol. The van der Waals surface area contributed by atoms with Crippen LogP contribution in [-0.2, 0) is 9.59 Å². The zero-order valence-electron chi connectivity index (χ0n) is 14.9. The summed E-state index contributed by atoms with van der Waals surface area (Å²) in [6.45, 7) is 6.46. The lowest BCUT2D eigenvalue weighted by molar-refractivity contribution is -0.136. The summed E-state index contributed by atoms with van der Waals surface area (Å²) in [5.41, 5.74) is 1.41. The van der Waals surface area contributed by atoms with Gasteiger partial charge in [0.25, 0.3) is 0 Å². The molecule has 3 saturated carbocycles. The maximum absolute atomic E-state index is 12.4. The van der Waals surface area contributed by atoms with Crippen LogP contribution in [0.3, 0.4) is 0 Å². The SMILES string of the molecule is CC(=O)C1=CC[C@@]2(C)[C@@H](CC[C@H]3[C@H]2CC[C@]2(C)C(=O)CC[C@H]32)C1. The van der Waals surface area contributed by atoms with E-state index in [2.05, 4.69) is 19.9 Å². The number of carbonyl (C=O) groups is 2. The predicted molar refractivity (Wildman–Crippen MR) is 90.9 cm³/mol. The highest BCUT2D eigenvalue weighted by Crippen LogP contribution is 2.65. The molecule has 0 aliphatic heterocycles. The molecule has 2 heteroatoms. The smallest absolute Gasteiger partial charge is 0.155 e. The first kappa shape index (κ1) is 15.6.